The Balaban J connectivity index is 1.34. The first kappa shape index (κ1) is 24.0. The van der Waals surface area contributed by atoms with E-state index in [1.807, 2.05) is 0 Å². The summed E-state index contributed by atoms with van der Waals surface area (Å²) in [6.07, 6.45) is 0. The molecule has 7 heteroatoms. The van der Waals surface area contributed by atoms with E-state index in [2.05, 4.69) is 137 Å². The van der Waals surface area contributed by atoms with Crippen molar-refractivity contribution < 1.29 is 0 Å². The van der Waals surface area contributed by atoms with Gasteiger partial charge in [-0.3, -0.25) is 0 Å². The monoisotopic (exact) mass is 596 g/mol. The molecule has 0 radical (unpaired) electrons. The molecule has 0 bridgehead atoms. The van der Waals surface area contributed by atoms with Gasteiger partial charge >= 0.3 is 0 Å². The molecule has 3 aliphatic heterocycles. The van der Waals surface area contributed by atoms with E-state index in [0.717, 1.165) is 66.8 Å². The smallest absolute Gasteiger partial charge is 0.214 e. The van der Waals surface area contributed by atoms with Crippen molar-refractivity contribution in [1.82, 2.24) is 30.0 Å². The third-order valence-electron chi connectivity index (χ3n) is 10.5. The predicted molar refractivity (Wildman–Crippen MR) is 189 cm³/mol. The number of fused-ring (bicyclic) bond motifs is 3. The molecule has 0 amide bonds. The first-order chi connectivity index (χ1) is 23.3. The van der Waals surface area contributed by atoms with Crippen LogP contribution in [0.15, 0.2) is 127 Å². The summed E-state index contributed by atoms with van der Waals surface area (Å²) in [6, 6.07) is 45.5. The van der Waals surface area contributed by atoms with Crippen molar-refractivity contribution in [1.29, 1.82) is 0 Å². The van der Waals surface area contributed by atoms with Gasteiger partial charge in [-0.2, -0.15) is 0 Å². The van der Waals surface area contributed by atoms with Crippen LogP contribution in [0, 0.1) is 0 Å². The molecule has 0 aliphatic carbocycles. The predicted octanol–water partition coefficient (Wildman–Crippen LogP) is 6.43. The molecule has 7 aromatic carbocycles. The summed E-state index contributed by atoms with van der Waals surface area (Å²) in [5.41, 5.74) is 19.1. The SMILES string of the molecule is c1ccc(-c2cc3c4c(c2)-n2nnc5c(-c6ccccc6)c6cccc7c6c(c52)B4c2c-7cc(-c4ccccc4)c4nnn-3c24)cc1. The summed E-state index contributed by atoms with van der Waals surface area (Å²) in [5.74, 6) is 0. The summed E-state index contributed by atoms with van der Waals surface area (Å²) in [6.45, 7) is -0.00568. The largest absolute Gasteiger partial charge is 0.254 e. The van der Waals surface area contributed by atoms with Gasteiger partial charge in [0.15, 0.2) is 0 Å². The number of hydrogen-bond donors (Lipinski definition) is 0. The molecule has 0 spiro atoms. The van der Waals surface area contributed by atoms with E-state index < -0.39 is 0 Å². The molecule has 0 saturated heterocycles. The second-order valence-electron chi connectivity index (χ2n) is 12.8. The van der Waals surface area contributed by atoms with Crippen LogP contribution in [0.3, 0.4) is 0 Å². The zero-order valence-corrected chi connectivity index (χ0v) is 24.9. The van der Waals surface area contributed by atoms with E-state index in [1.165, 1.54) is 38.3 Å². The average molecular weight is 596 g/mol. The fourth-order valence-electron chi connectivity index (χ4n) is 8.70. The first-order valence-electron chi connectivity index (χ1n) is 16.0. The topological polar surface area (TPSA) is 61.4 Å². The quantitative estimate of drug-likeness (QED) is 0.221. The van der Waals surface area contributed by atoms with Crippen molar-refractivity contribution in [3.63, 3.8) is 0 Å². The standard InChI is InChI=1S/C40H21BN6/c1-4-11-22(12-5-1)25-19-30-35-31(20-25)47-40-36-33-26(17-10-18-27(33)32(38(40)43-45-47)24-15-8-3-9-16-24)29-21-28(23-13-6-2-7-14-23)37-39(34(29)41(35)36)46(30)44-42-37/h1-21H. The minimum atomic E-state index is -0.00568. The lowest BCUT2D eigenvalue weighted by Crippen LogP contribution is -2.61. The van der Waals surface area contributed by atoms with Gasteiger partial charge in [-0.15, -0.1) is 10.2 Å². The minimum Gasteiger partial charge on any atom is -0.214 e. The van der Waals surface area contributed by atoms with Gasteiger partial charge < -0.3 is 0 Å². The molecule has 6 nitrogen and oxygen atoms in total. The molecule has 12 rings (SSSR count). The lowest BCUT2D eigenvalue weighted by atomic mass is 9.31. The highest BCUT2D eigenvalue weighted by Crippen LogP contribution is 2.46. The van der Waals surface area contributed by atoms with Gasteiger partial charge in [0.25, 0.3) is 6.71 Å². The van der Waals surface area contributed by atoms with E-state index in [1.54, 1.807) is 0 Å². The Bertz CT molecular complexity index is 2840. The Morgan fingerprint density at radius 1 is 0.447 bits per heavy atom. The molecule has 214 valence electrons. The zero-order chi connectivity index (χ0) is 30.4. The molecule has 0 fully saturated rings. The first-order valence-corrected chi connectivity index (χ1v) is 16.0. The summed E-state index contributed by atoms with van der Waals surface area (Å²) >= 11 is 0. The second kappa shape index (κ2) is 8.27. The number of rotatable bonds is 3. The van der Waals surface area contributed by atoms with Gasteiger partial charge in [-0.05, 0) is 78.7 Å². The van der Waals surface area contributed by atoms with E-state index in [9.17, 15) is 0 Å². The van der Waals surface area contributed by atoms with E-state index >= 15 is 0 Å². The Morgan fingerprint density at radius 3 is 1.77 bits per heavy atom. The third-order valence-corrected chi connectivity index (χ3v) is 10.5. The lowest BCUT2D eigenvalue weighted by Gasteiger charge is -2.37. The third kappa shape index (κ3) is 2.80. The lowest BCUT2D eigenvalue weighted by molar-refractivity contribution is 0.811. The molecule has 0 unspecified atom stereocenters. The summed E-state index contributed by atoms with van der Waals surface area (Å²) < 4.78 is 4.18. The highest BCUT2D eigenvalue weighted by Gasteiger charge is 2.47. The van der Waals surface area contributed by atoms with Gasteiger partial charge in [0, 0.05) is 11.1 Å². The highest BCUT2D eigenvalue weighted by atomic mass is 15.4. The normalized spacial score (nSPS) is 13.1. The Labute approximate surface area is 268 Å². The van der Waals surface area contributed by atoms with Crippen molar-refractivity contribution in [2.75, 3.05) is 0 Å². The van der Waals surface area contributed by atoms with Crippen molar-refractivity contribution in [2.45, 2.75) is 0 Å². The molecule has 0 atom stereocenters. The van der Waals surface area contributed by atoms with E-state index in [0.29, 0.717) is 0 Å². The second-order valence-corrected chi connectivity index (χ2v) is 12.8. The Hall–Kier alpha value is -6.34. The molecule has 0 N–H and O–H groups in total. The highest BCUT2D eigenvalue weighted by molar-refractivity contribution is 7.03. The molecule has 3 aliphatic rings. The Kier molecular flexibility index (Phi) is 4.22. The van der Waals surface area contributed by atoms with Gasteiger partial charge in [-0.1, -0.05) is 120 Å². The molecular weight excluding hydrogens is 575 g/mol. The maximum Gasteiger partial charge on any atom is 0.254 e. The molecule has 47 heavy (non-hydrogen) atoms. The minimum absolute atomic E-state index is 0.00568. The van der Waals surface area contributed by atoms with Gasteiger partial charge in [0.2, 0.25) is 0 Å². The molecular formula is C40H21BN6. The zero-order valence-electron chi connectivity index (χ0n) is 24.9. The molecule has 5 heterocycles. The van der Waals surface area contributed by atoms with Crippen molar-refractivity contribution in [3.8, 4) is 55.9 Å². The van der Waals surface area contributed by atoms with Gasteiger partial charge in [-0.25, -0.2) is 9.36 Å². The summed E-state index contributed by atoms with van der Waals surface area (Å²) in [5, 5.41) is 22.2. The molecule has 9 aromatic rings. The maximum absolute atomic E-state index is 4.97. The summed E-state index contributed by atoms with van der Waals surface area (Å²) in [4.78, 5) is 0. The number of benzene rings is 7. The van der Waals surface area contributed by atoms with Crippen LogP contribution in [0.1, 0.15) is 0 Å². The van der Waals surface area contributed by atoms with Crippen LogP contribution >= 0.6 is 0 Å². The van der Waals surface area contributed by atoms with Gasteiger partial charge in [0.05, 0.1) is 22.4 Å². The molecule has 0 saturated carbocycles. The van der Waals surface area contributed by atoms with Crippen LogP contribution in [-0.4, -0.2) is 36.7 Å². The number of hydrogen-bond acceptors (Lipinski definition) is 4. The van der Waals surface area contributed by atoms with Crippen LogP contribution < -0.4 is 16.4 Å². The van der Waals surface area contributed by atoms with Crippen LogP contribution in [0.25, 0.3) is 88.7 Å². The van der Waals surface area contributed by atoms with Gasteiger partial charge in [0.1, 0.15) is 11.0 Å². The number of nitrogens with zero attached hydrogens (tertiary/aromatic N) is 6. The summed E-state index contributed by atoms with van der Waals surface area (Å²) in [7, 11) is 0. The van der Waals surface area contributed by atoms with E-state index in [4.69, 9.17) is 20.6 Å². The van der Waals surface area contributed by atoms with Crippen LogP contribution in [0.4, 0.5) is 0 Å². The van der Waals surface area contributed by atoms with Crippen molar-refractivity contribution >= 4 is 55.9 Å². The van der Waals surface area contributed by atoms with Crippen LogP contribution in [-0.2, 0) is 0 Å². The van der Waals surface area contributed by atoms with E-state index in [-0.39, 0.29) is 6.71 Å². The number of aromatic nitrogens is 6. The molecule has 2 aromatic heterocycles. The van der Waals surface area contributed by atoms with Crippen molar-refractivity contribution in [3.05, 3.63) is 127 Å². The fourth-order valence-corrected chi connectivity index (χ4v) is 8.70. The average Bonchev–Trinajstić information content (AvgIpc) is 3.79. The Morgan fingerprint density at radius 2 is 1.06 bits per heavy atom. The van der Waals surface area contributed by atoms with Crippen LogP contribution in [0.2, 0.25) is 0 Å². The van der Waals surface area contributed by atoms with Crippen molar-refractivity contribution in [2.24, 2.45) is 0 Å². The fraction of sp³-hybridized carbons (Fsp3) is 0. The van der Waals surface area contributed by atoms with Crippen LogP contribution in [0.5, 0.6) is 0 Å². The maximum atomic E-state index is 4.97.